The fraction of sp³-hybridized carbons (Fsp3) is 0.659. The molecule has 3 N–H and O–H groups in total. The van der Waals surface area contributed by atoms with Crippen molar-refractivity contribution in [3.8, 4) is 0 Å². The quantitative estimate of drug-likeness (QED) is 0.0192. The molecule has 0 aromatic carbocycles. The Balaban J connectivity index is 4.76. The van der Waals surface area contributed by atoms with Crippen LogP contribution in [0.4, 0.5) is 0 Å². The summed E-state index contributed by atoms with van der Waals surface area (Å²) in [5.74, 6) is -0.431. The molecule has 0 aliphatic carbocycles. The first-order valence-corrected chi connectivity index (χ1v) is 22.0. The van der Waals surface area contributed by atoms with E-state index >= 15 is 0 Å². The maximum atomic E-state index is 12.8. The summed E-state index contributed by atoms with van der Waals surface area (Å²) >= 11 is 0. The molecule has 310 valence electrons. The predicted octanol–water partition coefficient (Wildman–Crippen LogP) is 9.36. The molecule has 0 saturated carbocycles. The summed E-state index contributed by atoms with van der Waals surface area (Å²) < 4.78 is 23.0. The van der Waals surface area contributed by atoms with Crippen molar-refractivity contribution in [2.24, 2.45) is 0 Å². The van der Waals surface area contributed by atoms with Gasteiger partial charge in [0.05, 0.1) is 46.0 Å². The number of aliphatic hydroxyl groups is 2. The molecule has 1 amide bonds. The highest BCUT2D eigenvalue weighted by atomic mass is 31.2. The van der Waals surface area contributed by atoms with Gasteiger partial charge in [0, 0.05) is 6.42 Å². The van der Waals surface area contributed by atoms with E-state index in [2.05, 4.69) is 67.8 Å². The number of quaternary nitrogens is 1. The van der Waals surface area contributed by atoms with Gasteiger partial charge in [0.25, 0.3) is 7.82 Å². The number of amides is 1. The van der Waals surface area contributed by atoms with Gasteiger partial charge in [-0.3, -0.25) is 9.36 Å². The molecule has 2 unspecified atom stereocenters. The molecule has 9 nitrogen and oxygen atoms in total. The highest BCUT2D eigenvalue weighted by Crippen LogP contribution is 2.38. The molecule has 0 aliphatic rings. The third kappa shape index (κ3) is 36.6. The molecule has 4 atom stereocenters. The van der Waals surface area contributed by atoms with Crippen LogP contribution in [0.1, 0.15) is 129 Å². The van der Waals surface area contributed by atoms with E-state index in [1.54, 1.807) is 18.2 Å². The van der Waals surface area contributed by atoms with Crippen molar-refractivity contribution in [2.45, 2.75) is 148 Å². The van der Waals surface area contributed by atoms with Crippen molar-refractivity contribution < 1.29 is 38.0 Å². The normalized spacial score (nSPS) is 15.9. The minimum atomic E-state index is -4.65. The summed E-state index contributed by atoms with van der Waals surface area (Å²) in [6.45, 7) is 4.29. The van der Waals surface area contributed by atoms with E-state index < -0.39 is 38.6 Å². The molecule has 10 heteroatoms. The number of aliphatic hydroxyl groups excluding tert-OH is 2. The summed E-state index contributed by atoms with van der Waals surface area (Å²) in [5, 5.41) is 24.0. The van der Waals surface area contributed by atoms with E-state index in [1.807, 2.05) is 39.4 Å². The molecule has 0 spiro atoms. The third-order valence-corrected chi connectivity index (χ3v) is 9.44. The van der Waals surface area contributed by atoms with Gasteiger partial charge in [-0.25, -0.2) is 0 Å². The number of likely N-dealkylation sites (N-methyl/N-ethyl adjacent to an activating group) is 1. The highest BCUT2D eigenvalue weighted by Gasteiger charge is 2.23. The SMILES string of the molecule is CC/C=C\C/C=C\C/C=C\C/C=C\C/C=C\C=C/C(O)CCC(=O)N[C@@H](COP(=O)([O-])OCC[N+](C)(C)C)[C@H](O)/C=C/CCCCCCCCCCCC. The molecule has 0 rings (SSSR count). The van der Waals surface area contributed by atoms with Crippen LogP contribution in [0.3, 0.4) is 0 Å². The Morgan fingerprint density at radius 2 is 1.26 bits per heavy atom. The van der Waals surface area contributed by atoms with Crippen LogP contribution in [0.15, 0.2) is 85.1 Å². The van der Waals surface area contributed by atoms with Gasteiger partial charge in [-0.2, -0.15) is 0 Å². The van der Waals surface area contributed by atoms with Gasteiger partial charge in [-0.15, -0.1) is 0 Å². The highest BCUT2D eigenvalue weighted by molar-refractivity contribution is 7.45. The zero-order chi connectivity index (χ0) is 40.2. The molecule has 0 fully saturated rings. The summed E-state index contributed by atoms with van der Waals surface area (Å²) in [4.78, 5) is 25.2. The Morgan fingerprint density at radius 1 is 0.722 bits per heavy atom. The van der Waals surface area contributed by atoms with Crippen LogP contribution >= 0.6 is 7.82 Å². The third-order valence-electron chi connectivity index (χ3n) is 8.48. The Kier molecular flexibility index (Phi) is 33.5. The van der Waals surface area contributed by atoms with Gasteiger partial charge in [0.2, 0.25) is 5.91 Å². The van der Waals surface area contributed by atoms with Crippen LogP contribution in [0.25, 0.3) is 0 Å². The van der Waals surface area contributed by atoms with Gasteiger partial charge in [-0.05, 0) is 51.4 Å². The monoisotopic (exact) mass is 777 g/mol. The molecule has 0 saturated heterocycles. The molecule has 0 radical (unpaired) electrons. The first-order chi connectivity index (χ1) is 25.9. The molecular formula is C44H77N2O7P. The average Bonchev–Trinajstić information content (AvgIpc) is 3.12. The van der Waals surface area contributed by atoms with E-state index in [0.29, 0.717) is 11.0 Å². The van der Waals surface area contributed by atoms with E-state index in [4.69, 9.17) is 9.05 Å². The van der Waals surface area contributed by atoms with Crippen molar-refractivity contribution in [1.29, 1.82) is 0 Å². The zero-order valence-electron chi connectivity index (χ0n) is 34.5. The molecule has 0 aliphatic heterocycles. The maximum absolute atomic E-state index is 12.8. The topological polar surface area (TPSA) is 128 Å². The Bertz CT molecular complexity index is 1170. The summed E-state index contributed by atoms with van der Waals surface area (Å²) in [5.41, 5.74) is 0. The van der Waals surface area contributed by atoms with Gasteiger partial charge in [0.15, 0.2) is 0 Å². The smallest absolute Gasteiger partial charge is 0.268 e. The second kappa shape index (κ2) is 35.1. The number of unbranched alkanes of at least 4 members (excludes halogenated alkanes) is 10. The number of carbonyl (C=O) groups is 1. The number of hydrogen-bond acceptors (Lipinski definition) is 7. The van der Waals surface area contributed by atoms with Crippen molar-refractivity contribution in [3.63, 3.8) is 0 Å². The first-order valence-electron chi connectivity index (χ1n) is 20.6. The number of hydrogen-bond donors (Lipinski definition) is 3. The number of phosphoric ester groups is 1. The summed E-state index contributed by atoms with van der Waals surface area (Å²) in [7, 11) is 1.10. The van der Waals surface area contributed by atoms with Crippen LogP contribution in [-0.2, 0) is 18.4 Å². The lowest BCUT2D eigenvalue weighted by molar-refractivity contribution is -0.870. The minimum Gasteiger partial charge on any atom is -0.756 e. The number of nitrogens with one attached hydrogen (secondary N) is 1. The van der Waals surface area contributed by atoms with E-state index in [0.717, 1.165) is 51.4 Å². The summed E-state index contributed by atoms with van der Waals surface area (Å²) in [6.07, 6.45) is 43.8. The van der Waals surface area contributed by atoms with E-state index in [-0.39, 0.29) is 19.4 Å². The lowest BCUT2D eigenvalue weighted by Crippen LogP contribution is -2.46. The number of rotatable bonds is 35. The van der Waals surface area contributed by atoms with Gasteiger partial charge < -0.3 is 34.0 Å². The number of carbonyl (C=O) groups excluding carboxylic acids is 1. The number of nitrogens with zero attached hydrogens (tertiary/aromatic N) is 1. The number of allylic oxidation sites excluding steroid dienone is 12. The second-order valence-corrected chi connectivity index (χ2v) is 16.2. The van der Waals surface area contributed by atoms with E-state index in [9.17, 15) is 24.5 Å². The fourth-order valence-electron chi connectivity index (χ4n) is 5.14. The molecule has 0 aromatic heterocycles. The molecule has 0 heterocycles. The van der Waals surface area contributed by atoms with Crippen LogP contribution in [0.5, 0.6) is 0 Å². The van der Waals surface area contributed by atoms with Gasteiger partial charge in [0.1, 0.15) is 13.2 Å². The first kappa shape index (κ1) is 51.6. The fourth-order valence-corrected chi connectivity index (χ4v) is 5.86. The molecule has 54 heavy (non-hydrogen) atoms. The predicted molar refractivity (Wildman–Crippen MR) is 225 cm³/mol. The van der Waals surface area contributed by atoms with Crippen LogP contribution < -0.4 is 10.2 Å². The minimum absolute atomic E-state index is 0.0161. The van der Waals surface area contributed by atoms with E-state index in [1.165, 1.54) is 51.4 Å². The average molecular weight is 777 g/mol. The van der Waals surface area contributed by atoms with Crippen LogP contribution in [0, 0.1) is 0 Å². The Labute approximate surface area is 329 Å². The molecular weight excluding hydrogens is 699 g/mol. The van der Waals surface area contributed by atoms with Crippen molar-refractivity contribution >= 4 is 13.7 Å². The maximum Gasteiger partial charge on any atom is 0.268 e. The van der Waals surface area contributed by atoms with Crippen molar-refractivity contribution in [2.75, 3.05) is 40.9 Å². The van der Waals surface area contributed by atoms with Gasteiger partial charge >= 0.3 is 0 Å². The van der Waals surface area contributed by atoms with Crippen LogP contribution in [0.2, 0.25) is 0 Å². The lowest BCUT2D eigenvalue weighted by Gasteiger charge is -2.29. The zero-order valence-corrected chi connectivity index (χ0v) is 35.4. The molecule has 0 aromatic rings. The number of phosphoric acid groups is 1. The van der Waals surface area contributed by atoms with Crippen LogP contribution in [-0.4, -0.2) is 79.8 Å². The standard InChI is InChI=1S/C44H77N2O7P/c1-6-8-10-12-14-16-18-20-21-22-23-24-26-28-30-32-34-41(47)36-37-44(49)45-42(40-53-54(50,51)52-39-38-46(3,4)5)43(48)35-33-31-29-27-25-19-17-15-13-11-9-7-2/h8,10,14,16,20-21,23-24,28,30,32-35,41-43,47-48H,6-7,9,11-13,15,17-19,22,25-27,29,31,36-40H2,1-5H3,(H-,45,49,50,51)/b10-8-,16-14-,21-20-,24-23-,30-28-,34-32-,35-33+/t41?,42-,43+/m0/s1. The van der Waals surface area contributed by atoms with Gasteiger partial charge in [-0.1, -0.05) is 157 Å². The lowest BCUT2D eigenvalue weighted by atomic mass is 10.1. The molecule has 0 bridgehead atoms. The van der Waals surface area contributed by atoms with Crippen molar-refractivity contribution in [3.05, 3.63) is 85.1 Å². The Morgan fingerprint density at radius 3 is 1.81 bits per heavy atom. The Hall–Kier alpha value is -2.36. The summed E-state index contributed by atoms with van der Waals surface area (Å²) in [6, 6.07) is -1.01. The largest absolute Gasteiger partial charge is 0.756 e. The van der Waals surface area contributed by atoms with Crippen molar-refractivity contribution in [1.82, 2.24) is 5.32 Å². The second-order valence-electron chi connectivity index (χ2n) is 14.8.